The number of rotatable bonds is 0. The monoisotopic (exact) mass is 386 g/mol. The number of hydrogen-bond acceptors (Lipinski definition) is 3. The number of allylic oxidation sites excluding steroid dienone is 1. The Bertz CT molecular complexity index is 701. The van der Waals surface area contributed by atoms with Gasteiger partial charge in [-0.15, -0.1) is 0 Å². The number of ketones is 1. The van der Waals surface area contributed by atoms with Crippen LogP contribution in [0.3, 0.4) is 0 Å². The van der Waals surface area contributed by atoms with Crippen LogP contribution in [0, 0.1) is 34.5 Å². The van der Waals surface area contributed by atoms with Gasteiger partial charge in [0.05, 0.1) is 6.10 Å². The Morgan fingerprint density at radius 3 is 2.52 bits per heavy atom. The van der Waals surface area contributed by atoms with E-state index in [-0.39, 0.29) is 47.7 Å². The summed E-state index contributed by atoms with van der Waals surface area (Å²) >= 11 is 0. The average molecular weight is 386 g/mol. The second-order valence-electron chi connectivity index (χ2n) is 10.0. The number of aliphatic hydroxyl groups excluding tert-OH is 1. The maximum Gasteiger partial charge on any atom is 0.417 e. The number of fused-ring (bicyclic) bond motifs is 5. The van der Waals surface area contributed by atoms with Crippen LogP contribution >= 0.6 is 0 Å². The molecule has 4 rings (SSSR count). The van der Waals surface area contributed by atoms with Crippen molar-refractivity contribution in [2.75, 3.05) is 0 Å². The van der Waals surface area contributed by atoms with Gasteiger partial charge in [0.2, 0.25) is 0 Å². The molecule has 8 atom stereocenters. The highest BCUT2D eigenvalue weighted by atomic mass is 19.4. The van der Waals surface area contributed by atoms with Crippen molar-refractivity contribution < 1.29 is 28.2 Å². The summed E-state index contributed by atoms with van der Waals surface area (Å²) in [6.07, 6.45) is -2.13. The van der Waals surface area contributed by atoms with Crippen LogP contribution in [0.2, 0.25) is 0 Å². The minimum atomic E-state index is -4.70. The molecule has 0 heterocycles. The Labute approximate surface area is 158 Å². The molecule has 0 saturated heterocycles. The zero-order valence-electron chi connectivity index (χ0n) is 16.1. The first-order valence-electron chi connectivity index (χ1n) is 10.1. The van der Waals surface area contributed by atoms with E-state index in [1.54, 1.807) is 6.08 Å². The van der Waals surface area contributed by atoms with E-state index in [9.17, 15) is 28.2 Å². The van der Waals surface area contributed by atoms with Crippen LogP contribution in [0.1, 0.15) is 59.3 Å². The van der Waals surface area contributed by atoms with E-state index in [1.807, 2.05) is 6.92 Å². The van der Waals surface area contributed by atoms with Crippen LogP contribution in [0.15, 0.2) is 11.6 Å². The van der Waals surface area contributed by atoms with Crippen molar-refractivity contribution in [1.82, 2.24) is 0 Å². The summed E-state index contributed by atoms with van der Waals surface area (Å²) in [5.74, 6) is -0.325. The van der Waals surface area contributed by atoms with Crippen LogP contribution in [0.25, 0.3) is 0 Å². The van der Waals surface area contributed by atoms with Crippen molar-refractivity contribution in [2.24, 2.45) is 34.5 Å². The van der Waals surface area contributed by atoms with Gasteiger partial charge in [-0.1, -0.05) is 26.3 Å². The van der Waals surface area contributed by atoms with Gasteiger partial charge in [-0.05, 0) is 67.3 Å². The molecule has 0 aromatic heterocycles. The van der Waals surface area contributed by atoms with E-state index in [0.717, 1.165) is 5.57 Å². The van der Waals surface area contributed by atoms with Gasteiger partial charge >= 0.3 is 6.18 Å². The van der Waals surface area contributed by atoms with E-state index in [0.29, 0.717) is 25.7 Å². The maximum absolute atomic E-state index is 13.8. The van der Waals surface area contributed by atoms with Crippen molar-refractivity contribution in [1.29, 1.82) is 0 Å². The molecule has 4 aliphatic carbocycles. The molecule has 3 unspecified atom stereocenters. The number of halogens is 3. The standard InChI is InChI=1S/C21H29F3O3/c1-11-8-12-9-13(25)4-6-18(12,2)17-15(26)10-19(3)14(16(11)17)5-7-20(19,27)21(22,23)24/h9,11,14-17,26-27H,4-8,10H2,1-3H3/t11-,14?,15+,16?,17?,18-,19-,20-/m0/s1. The summed E-state index contributed by atoms with van der Waals surface area (Å²) in [5, 5.41) is 21.8. The molecule has 6 heteroatoms. The fraction of sp³-hybridized carbons (Fsp3) is 0.857. The zero-order valence-corrected chi connectivity index (χ0v) is 16.1. The highest BCUT2D eigenvalue weighted by molar-refractivity contribution is 5.91. The zero-order chi connectivity index (χ0) is 20.0. The number of hydrogen-bond donors (Lipinski definition) is 2. The molecule has 3 saturated carbocycles. The first-order valence-corrected chi connectivity index (χ1v) is 10.1. The Kier molecular flexibility index (Phi) is 4.03. The predicted octanol–water partition coefficient (Wildman–Crippen LogP) is 4.03. The van der Waals surface area contributed by atoms with Gasteiger partial charge in [0, 0.05) is 11.8 Å². The molecule has 0 aliphatic heterocycles. The Morgan fingerprint density at radius 1 is 1.22 bits per heavy atom. The number of carbonyl (C=O) groups is 1. The molecule has 0 radical (unpaired) electrons. The maximum atomic E-state index is 13.8. The van der Waals surface area contributed by atoms with Crippen molar-refractivity contribution in [2.45, 2.75) is 77.2 Å². The van der Waals surface area contributed by atoms with Crippen molar-refractivity contribution in [3.05, 3.63) is 11.6 Å². The van der Waals surface area contributed by atoms with Crippen molar-refractivity contribution in [3.8, 4) is 0 Å². The molecule has 0 aromatic carbocycles. The summed E-state index contributed by atoms with van der Waals surface area (Å²) in [5.41, 5.74) is -3.40. The van der Waals surface area contributed by atoms with Gasteiger partial charge < -0.3 is 10.2 Å². The first kappa shape index (κ1) is 19.4. The van der Waals surface area contributed by atoms with E-state index in [1.165, 1.54) is 6.92 Å². The molecule has 3 fully saturated rings. The smallest absolute Gasteiger partial charge is 0.393 e. The lowest BCUT2D eigenvalue weighted by atomic mass is 9.43. The normalized spacial score (nSPS) is 52.7. The minimum Gasteiger partial charge on any atom is -0.393 e. The Balaban J connectivity index is 1.79. The third kappa shape index (κ3) is 2.32. The van der Waals surface area contributed by atoms with Gasteiger partial charge in [-0.2, -0.15) is 13.2 Å². The predicted molar refractivity (Wildman–Crippen MR) is 93.7 cm³/mol. The molecule has 0 bridgehead atoms. The summed E-state index contributed by atoms with van der Waals surface area (Å²) < 4.78 is 41.5. The molecule has 2 N–H and O–H groups in total. The third-order valence-corrected chi connectivity index (χ3v) is 8.87. The summed E-state index contributed by atoms with van der Waals surface area (Å²) in [6.45, 7) is 5.63. The summed E-state index contributed by atoms with van der Waals surface area (Å²) in [7, 11) is 0. The van der Waals surface area contributed by atoms with Gasteiger partial charge in [0.15, 0.2) is 11.4 Å². The molecule has 0 spiro atoms. The molecule has 4 aliphatic rings. The average Bonchev–Trinajstić information content (AvgIpc) is 2.81. The lowest BCUT2D eigenvalue weighted by Crippen LogP contribution is -2.64. The highest BCUT2D eigenvalue weighted by Crippen LogP contribution is 2.70. The summed E-state index contributed by atoms with van der Waals surface area (Å²) in [6, 6.07) is 0. The van der Waals surface area contributed by atoms with E-state index in [2.05, 4.69) is 6.92 Å². The van der Waals surface area contributed by atoms with Gasteiger partial charge in [0.1, 0.15) is 0 Å². The number of carbonyl (C=O) groups excluding carboxylic acids is 1. The SMILES string of the molecule is C[C@H]1CC2=CC(=O)CC[C@]2(C)C2C1C1CC[C@@](O)(C(F)(F)F)[C@@]1(C)C[C@H]2O. The number of alkyl halides is 3. The van der Waals surface area contributed by atoms with Gasteiger partial charge in [0.25, 0.3) is 0 Å². The lowest BCUT2D eigenvalue weighted by Gasteiger charge is -2.62. The highest BCUT2D eigenvalue weighted by Gasteiger charge is 2.74. The largest absolute Gasteiger partial charge is 0.417 e. The van der Waals surface area contributed by atoms with Crippen LogP contribution in [-0.2, 0) is 4.79 Å². The molecule has 0 amide bonds. The van der Waals surface area contributed by atoms with E-state index in [4.69, 9.17) is 0 Å². The minimum absolute atomic E-state index is 0.0433. The van der Waals surface area contributed by atoms with E-state index < -0.39 is 23.3 Å². The first-order chi connectivity index (χ1) is 12.3. The topological polar surface area (TPSA) is 57.5 Å². The molecule has 152 valence electrons. The van der Waals surface area contributed by atoms with Crippen LogP contribution in [0.4, 0.5) is 13.2 Å². The Morgan fingerprint density at radius 2 is 1.89 bits per heavy atom. The van der Waals surface area contributed by atoms with E-state index >= 15 is 0 Å². The molecule has 27 heavy (non-hydrogen) atoms. The van der Waals surface area contributed by atoms with Gasteiger partial charge in [-0.3, -0.25) is 4.79 Å². The van der Waals surface area contributed by atoms with Gasteiger partial charge in [-0.25, -0.2) is 0 Å². The number of aliphatic hydroxyl groups is 2. The van der Waals surface area contributed by atoms with Crippen molar-refractivity contribution in [3.63, 3.8) is 0 Å². The fourth-order valence-electron chi connectivity index (χ4n) is 7.48. The lowest BCUT2D eigenvalue weighted by molar-refractivity contribution is -0.310. The summed E-state index contributed by atoms with van der Waals surface area (Å²) in [4.78, 5) is 11.9. The second-order valence-corrected chi connectivity index (χ2v) is 10.0. The van der Waals surface area contributed by atoms with Crippen LogP contribution in [-0.4, -0.2) is 33.9 Å². The quantitative estimate of drug-likeness (QED) is 0.661. The van der Waals surface area contributed by atoms with Crippen molar-refractivity contribution >= 4 is 5.78 Å². The third-order valence-electron chi connectivity index (χ3n) is 8.87. The molecule has 0 aromatic rings. The molecular weight excluding hydrogens is 357 g/mol. The second kappa shape index (κ2) is 5.59. The van der Waals surface area contributed by atoms with Crippen LogP contribution < -0.4 is 0 Å². The Hall–Kier alpha value is -0.880. The fourth-order valence-corrected chi connectivity index (χ4v) is 7.48. The molecule has 3 nitrogen and oxygen atoms in total. The van der Waals surface area contributed by atoms with Crippen LogP contribution in [0.5, 0.6) is 0 Å². The molecular formula is C21H29F3O3.